The zero-order valence-corrected chi connectivity index (χ0v) is 8.60. The van der Waals surface area contributed by atoms with Gasteiger partial charge in [0.15, 0.2) is 0 Å². The molecule has 0 bridgehead atoms. The summed E-state index contributed by atoms with van der Waals surface area (Å²) in [4.78, 5) is 34.7. The molecule has 2 N–H and O–H groups in total. The van der Waals surface area contributed by atoms with E-state index in [9.17, 15) is 14.4 Å². The third-order valence-corrected chi connectivity index (χ3v) is 2.31. The van der Waals surface area contributed by atoms with Crippen molar-refractivity contribution in [2.45, 2.75) is 32.2 Å². The standard InChI is InChI=1S/C10H14N2O3/c1-2-3-4-7(10(11)15)12-8(13)5-6-9(12)14/h5-7H,2-4H2,1H3,(H2,11,15). The maximum atomic E-state index is 11.3. The molecule has 0 saturated heterocycles. The Morgan fingerprint density at radius 3 is 2.33 bits per heavy atom. The molecule has 1 aliphatic rings. The summed E-state index contributed by atoms with van der Waals surface area (Å²) < 4.78 is 0. The maximum absolute atomic E-state index is 11.3. The van der Waals surface area contributed by atoms with Crippen LogP contribution in [0, 0.1) is 0 Å². The van der Waals surface area contributed by atoms with E-state index in [1.807, 2.05) is 6.92 Å². The number of nitrogens with zero attached hydrogens (tertiary/aromatic N) is 1. The molecule has 1 aliphatic heterocycles. The highest BCUT2D eigenvalue weighted by molar-refractivity contribution is 6.15. The molecule has 3 amide bonds. The minimum absolute atomic E-state index is 0.436. The number of nitrogens with two attached hydrogens (primary N) is 1. The fourth-order valence-corrected chi connectivity index (χ4v) is 1.52. The average molecular weight is 210 g/mol. The lowest BCUT2D eigenvalue weighted by atomic mass is 10.1. The molecule has 0 aromatic rings. The van der Waals surface area contributed by atoms with Gasteiger partial charge in [-0.05, 0) is 6.42 Å². The third-order valence-electron chi connectivity index (χ3n) is 2.31. The second-order valence-electron chi connectivity index (χ2n) is 3.44. The molecule has 82 valence electrons. The maximum Gasteiger partial charge on any atom is 0.254 e. The van der Waals surface area contributed by atoms with Gasteiger partial charge in [-0.3, -0.25) is 19.3 Å². The van der Waals surface area contributed by atoms with Gasteiger partial charge in [0.05, 0.1) is 0 Å². The Kier molecular flexibility index (Phi) is 3.60. The molecule has 0 aromatic carbocycles. The first kappa shape index (κ1) is 11.4. The van der Waals surface area contributed by atoms with E-state index in [0.717, 1.165) is 29.9 Å². The van der Waals surface area contributed by atoms with Crippen molar-refractivity contribution in [3.8, 4) is 0 Å². The van der Waals surface area contributed by atoms with Gasteiger partial charge in [0.25, 0.3) is 11.8 Å². The zero-order chi connectivity index (χ0) is 11.4. The van der Waals surface area contributed by atoms with Crippen LogP contribution >= 0.6 is 0 Å². The van der Waals surface area contributed by atoms with E-state index in [1.165, 1.54) is 0 Å². The first-order valence-corrected chi connectivity index (χ1v) is 4.92. The molecule has 1 heterocycles. The number of carbonyl (C=O) groups is 3. The molecule has 1 unspecified atom stereocenters. The van der Waals surface area contributed by atoms with Crippen LogP contribution in [0.4, 0.5) is 0 Å². The van der Waals surface area contributed by atoms with Crippen molar-refractivity contribution >= 4 is 17.7 Å². The van der Waals surface area contributed by atoms with Gasteiger partial charge in [-0.15, -0.1) is 0 Å². The van der Waals surface area contributed by atoms with Gasteiger partial charge in [0.1, 0.15) is 6.04 Å². The van der Waals surface area contributed by atoms with Crippen molar-refractivity contribution in [2.24, 2.45) is 5.73 Å². The van der Waals surface area contributed by atoms with Gasteiger partial charge in [-0.1, -0.05) is 19.8 Å². The fraction of sp³-hybridized carbons (Fsp3) is 0.500. The monoisotopic (exact) mass is 210 g/mol. The Hall–Kier alpha value is -1.65. The molecule has 5 nitrogen and oxygen atoms in total. The summed E-state index contributed by atoms with van der Waals surface area (Å²) in [6.45, 7) is 1.96. The summed E-state index contributed by atoms with van der Waals surface area (Å²) in [5.41, 5.74) is 5.17. The lowest BCUT2D eigenvalue weighted by molar-refractivity contribution is -0.144. The third kappa shape index (κ3) is 2.43. The second kappa shape index (κ2) is 4.72. The van der Waals surface area contributed by atoms with Crippen LogP contribution in [-0.2, 0) is 14.4 Å². The van der Waals surface area contributed by atoms with Crippen LogP contribution in [0.25, 0.3) is 0 Å². The van der Waals surface area contributed by atoms with Crippen LogP contribution in [0.3, 0.4) is 0 Å². The molecule has 15 heavy (non-hydrogen) atoms. The first-order valence-electron chi connectivity index (χ1n) is 4.92. The molecule has 0 aliphatic carbocycles. The Labute approximate surface area is 87.9 Å². The molecular weight excluding hydrogens is 196 g/mol. The number of primary amides is 1. The largest absolute Gasteiger partial charge is 0.368 e. The number of carbonyl (C=O) groups excluding carboxylic acids is 3. The minimum Gasteiger partial charge on any atom is -0.368 e. The predicted molar refractivity (Wildman–Crippen MR) is 53.5 cm³/mol. The smallest absolute Gasteiger partial charge is 0.254 e. The van der Waals surface area contributed by atoms with E-state index in [1.54, 1.807) is 0 Å². The Morgan fingerprint density at radius 2 is 1.93 bits per heavy atom. The molecule has 0 aromatic heterocycles. The van der Waals surface area contributed by atoms with E-state index >= 15 is 0 Å². The second-order valence-corrected chi connectivity index (χ2v) is 3.44. The summed E-state index contributed by atoms with van der Waals surface area (Å²) in [6, 6.07) is -0.806. The van der Waals surface area contributed by atoms with Crippen LogP contribution in [-0.4, -0.2) is 28.7 Å². The summed E-state index contributed by atoms with van der Waals surface area (Å²) in [7, 11) is 0. The van der Waals surface area contributed by atoms with Crippen molar-refractivity contribution < 1.29 is 14.4 Å². The molecule has 0 saturated carbocycles. The van der Waals surface area contributed by atoms with Gasteiger partial charge in [0, 0.05) is 12.2 Å². The van der Waals surface area contributed by atoms with E-state index in [-0.39, 0.29) is 0 Å². The van der Waals surface area contributed by atoms with Gasteiger partial charge in [0.2, 0.25) is 5.91 Å². The molecule has 5 heteroatoms. The van der Waals surface area contributed by atoms with Gasteiger partial charge in [-0.2, -0.15) is 0 Å². The summed E-state index contributed by atoms with van der Waals surface area (Å²) in [5.74, 6) is -1.55. The summed E-state index contributed by atoms with van der Waals surface area (Å²) in [5, 5.41) is 0. The predicted octanol–water partition coefficient (Wildman–Crippen LogP) is -0.0445. The van der Waals surface area contributed by atoms with Crippen molar-refractivity contribution in [3.63, 3.8) is 0 Å². The van der Waals surface area contributed by atoms with Crippen molar-refractivity contribution in [1.29, 1.82) is 0 Å². The Morgan fingerprint density at radius 1 is 1.40 bits per heavy atom. The number of imide groups is 1. The number of unbranched alkanes of at least 4 members (excludes halogenated alkanes) is 1. The van der Waals surface area contributed by atoms with Gasteiger partial charge < -0.3 is 5.73 Å². The lowest BCUT2D eigenvalue weighted by Crippen LogP contribution is -2.47. The molecular formula is C10H14N2O3. The highest BCUT2D eigenvalue weighted by atomic mass is 16.2. The number of amides is 3. The summed E-state index contributed by atoms with van der Waals surface area (Å²) >= 11 is 0. The highest BCUT2D eigenvalue weighted by Crippen LogP contribution is 2.14. The topological polar surface area (TPSA) is 80.5 Å². The number of hydrogen-bond donors (Lipinski definition) is 1. The van der Waals surface area contributed by atoms with Gasteiger partial charge >= 0.3 is 0 Å². The Bertz CT molecular complexity index is 305. The van der Waals surface area contributed by atoms with E-state index < -0.39 is 23.8 Å². The van der Waals surface area contributed by atoms with Crippen LogP contribution in [0.1, 0.15) is 26.2 Å². The quantitative estimate of drug-likeness (QED) is 0.646. The van der Waals surface area contributed by atoms with Crippen LogP contribution in [0.2, 0.25) is 0 Å². The van der Waals surface area contributed by atoms with Gasteiger partial charge in [-0.25, -0.2) is 0 Å². The van der Waals surface area contributed by atoms with Crippen LogP contribution < -0.4 is 5.73 Å². The fourth-order valence-electron chi connectivity index (χ4n) is 1.52. The summed E-state index contributed by atoms with van der Waals surface area (Å²) in [6.07, 6.45) is 4.39. The van der Waals surface area contributed by atoms with Crippen molar-refractivity contribution in [3.05, 3.63) is 12.2 Å². The molecule has 0 radical (unpaired) electrons. The lowest BCUT2D eigenvalue weighted by Gasteiger charge is -2.22. The Balaban J connectivity index is 2.76. The highest BCUT2D eigenvalue weighted by Gasteiger charge is 2.33. The minimum atomic E-state index is -0.806. The normalized spacial score (nSPS) is 17.3. The van der Waals surface area contributed by atoms with Crippen LogP contribution in [0.5, 0.6) is 0 Å². The van der Waals surface area contributed by atoms with Crippen molar-refractivity contribution in [1.82, 2.24) is 4.90 Å². The SMILES string of the molecule is CCCCC(C(N)=O)N1C(=O)C=CC1=O. The zero-order valence-electron chi connectivity index (χ0n) is 8.60. The molecule has 1 rings (SSSR count). The molecule has 1 atom stereocenters. The molecule has 0 spiro atoms. The average Bonchev–Trinajstić information content (AvgIpc) is 2.49. The van der Waals surface area contributed by atoms with E-state index in [4.69, 9.17) is 5.73 Å². The first-order chi connectivity index (χ1) is 7.07. The number of hydrogen-bond acceptors (Lipinski definition) is 3. The van der Waals surface area contributed by atoms with E-state index in [0.29, 0.717) is 6.42 Å². The number of rotatable bonds is 5. The van der Waals surface area contributed by atoms with Crippen LogP contribution in [0.15, 0.2) is 12.2 Å². The van der Waals surface area contributed by atoms with Crippen molar-refractivity contribution in [2.75, 3.05) is 0 Å². The van der Waals surface area contributed by atoms with E-state index in [2.05, 4.69) is 0 Å². The molecule has 0 fully saturated rings.